The van der Waals surface area contributed by atoms with Crippen LogP contribution in [-0.4, -0.2) is 34.6 Å². The second kappa shape index (κ2) is 6.39. The fraction of sp³-hybridized carbons (Fsp3) is 0.929. The van der Waals surface area contributed by atoms with E-state index < -0.39 is 11.5 Å². The monoisotopic (exact) mass is 241 g/mol. The molecule has 1 aliphatic rings. The lowest BCUT2D eigenvalue weighted by molar-refractivity contribution is -0.149. The van der Waals surface area contributed by atoms with Gasteiger partial charge in [0.25, 0.3) is 0 Å². The normalized spacial score (nSPS) is 19.3. The summed E-state index contributed by atoms with van der Waals surface area (Å²) in [4.78, 5) is 13.4. The standard InChI is InChI=1S/C14H27NO2/c1-4-15(14(2,3)13(16)17)11-12-9-7-5-6-8-10-12/h12H,4-11H2,1-3H3,(H,16,17). The van der Waals surface area contributed by atoms with Crippen molar-refractivity contribution in [3.05, 3.63) is 0 Å². The van der Waals surface area contributed by atoms with E-state index in [4.69, 9.17) is 0 Å². The number of likely N-dealkylation sites (N-methyl/N-ethyl adjacent to an activating group) is 1. The molecule has 1 fully saturated rings. The van der Waals surface area contributed by atoms with E-state index in [1.807, 2.05) is 13.8 Å². The van der Waals surface area contributed by atoms with Crippen LogP contribution < -0.4 is 0 Å². The van der Waals surface area contributed by atoms with Gasteiger partial charge in [0.2, 0.25) is 0 Å². The highest BCUT2D eigenvalue weighted by Crippen LogP contribution is 2.26. The van der Waals surface area contributed by atoms with Gasteiger partial charge in [-0.1, -0.05) is 32.6 Å². The second-order valence-electron chi connectivity index (χ2n) is 5.76. The zero-order chi connectivity index (χ0) is 12.9. The SMILES string of the molecule is CCN(CC1CCCCCC1)C(C)(C)C(=O)O. The van der Waals surface area contributed by atoms with E-state index in [0.29, 0.717) is 5.92 Å². The van der Waals surface area contributed by atoms with Gasteiger partial charge in [-0.25, -0.2) is 0 Å². The van der Waals surface area contributed by atoms with Gasteiger partial charge in [-0.15, -0.1) is 0 Å². The van der Waals surface area contributed by atoms with Crippen LogP contribution in [0.3, 0.4) is 0 Å². The van der Waals surface area contributed by atoms with Crippen LogP contribution in [0.2, 0.25) is 0 Å². The predicted molar refractivity (Wildman–Crippen MR) is 70.2 cm³/mol. The Kier molecular flexibility index (Phi) is 5.44. The molecule has 0 saturated heterocycles. The van der Waals surface area contributed by atoms with E-state index in [1.165, 1.54) is 38.5 Å². The van der Waals surface area contributed by atoms with Gasteiger partial charge >= 0.3 is 5.97 Å². The number of carboxylic acid groups (broad SMARTS) is 1. The highest BCUT2D eigenvalue weighted by atomic mass is 16.4. The number of hydrogen-bond acceptors (Lipinski definition) is 2. The Labute approximate surface area is 105 Å². The maximum Gasteiger partial charge on any atom is 0.323 e. The van der Waals surface area contributed by atoms with Crippen LogP contribution in [0, 0.1) is 5.92 Å². The second-order valence-corrected chi connectivity index (χ2v) is 5.76. The topological polar surface area (TPSA) is 40.5 Å². The van der Waals surface area contributed by atoms with Gasteiger partial charge in [-0.05, 0) is 39.2 Å². The molecule has 100 valence electrons. The molecule has 1 aliphatic carbocycles. The first kappa shape index (κ1) is 14.5. The van der Waals surface area contributed by atoms with E-state index in [1.54, 1.807) is 0 Å². The minimum absolute atomic E-state index is 0.691. The summed E-state index contributed by atoms with van der Waals surface area (Å²) in [6.45, 7) is 7.44. The molecule has 0 bridgehead atoms. The lowest BCUT2D eigenvalue weighted by atomic mass is 9.95. The molecule has 1 saturated carbocycles. The Morgan fingerprint density at radius 3 is 2.18 bits per heavy atom. The van der Waals surface area contributed by atoms with Gasteiger partial charge < -0.3 is 5.11 Å². The summed E-state index contributed by atoms with van der Waals surface area (Å²) in [5, 5.41) is 9.29. The molecule has 1 rings (SSSR count). The van der Waals surface area contributed by atoms with Crippen LogP contribution in [0.4, 0.5) is 0 Å². The van der Waals surface area contributed by atoms with Crippen molar-refractivity contribution in [2.45, 2.75) is 64.8 Å². The van der Waals surface area contributed by atoms with Crippen molar-refractivity contribution in [2.75, 3.05) is 13.1 Å². The molecule has 0 radical (unpaired) electrons. The number of rotatable bonds is 5. The summed E-state index contributed by atoms with van der Waals surface area (Å²) in [6.07, 6.45) is 7.87. The van der Waals surface area contributed by atoms with Crippen LogP contribution in [0.5, 0.6) is 0 Å². The van der Waals surface area contributed by atoms with Gasteiger partial charge in [0, 0.05) is 6.54 Å². The molecule has 0 atom stereocenters. The highest BCUT2D eigenvalue weighted by Gasteiger charge is 2.34. The zero-order valence-corrected chi connectivity index (χ0v) is 11.5. The van der Waals surface area contributed by atoms with Crippen LogP contribution in [0.1, 0.15) is 59.3 Å². The highest BCUT2D eigenvalue weighted by molar-refractivity contribution is 5.77. The lowest BCUT2D eigenvalue weighted by Gasteiger charge is -2.36. The summed E-state index contributed by atoms with van der Waals surface area (Å²) < 4.78 is 0. The Morgan fingerprint density at radius 2 is 1.76 bits per heavy atom. The molecule has 0 aromatic rings. The van der Waals surface area contributed by atoms with Gasteiger partial charge in [-0.3, -0.25) is 9.69 Å². The largest absolute Gasteiger partial charge is 0.480 e. The molecular formula is C14H27NO2. The maximum absolute atomic E-state index is 11.3. The van der Waals surface area contributed by atoms with Crippen molar-refractivity contribution >= 4 is 5.97 Å². The first-order valence-corrected chi connectivity index (χ1v) is 6.97. The zero-order valence-electron chi connectivity index (χ0n) is 11.5. The molecule has 0 heterocycles. The average molecular weight is 241 g/mol. The van der Waals surface area contributed by atoms with Crippen molar-refractivity contribution in [3.63, 3.8) is 0 Å². The average Bonchev–Trinajstić information content (AvgIpc) is 2.53. The third-order valence-corrected chi connectivity index (χ3v) is 4.15. The van der Waals surface area contributed by atoms with E-state index in [9.17, 15) is 9.90 Å². The van der Waals surface area contributed by atoms with Crippen LogP contribution in [0.25, 0.3) is 0 Å². The molecule has 3 heteroatoms. The van der Waals surface area contributed by atoms with E-state index in [2.05, 4.69) is 11.8 Å². The smallest absolute Gasteiger partial charge is 0.323 e. The van der Waals surface area contributed by atoms with Crippen LogP contribution in [-0.2, 0) is 4.79 Å². The number of nitrogens with zero attached hydrogens (tertiary/aromatic N) is 1. The van der Waals surface area contributed by atoms with Gasteiger partial charge in [0.05, 0.1) is 0 Å². The van der Waals surface area contributed by atoms with Crippen molar-refractivity contribution in [3.8, 4) is 0 Å². The first-order chi connectivity index (χ1) is 7.98. The van der Waals surface area contributed by atoms with Gasteiger partial charge in [0.1, 0.15) is 5.54 Å². The number of carboxylic acids is 1. The molecule has 17 heavy (non-hydrogen) atoms. The molecule has 1 N–H and O–H groups in total. The Bertz CT molecular complexity index is 243. The third kappa shape index (κ3) is 3.98. The molecule has 0 spiro atoms. The number of hydrogen-bond donors (Lipinski definition) is 1. The maximum atomic E-state index is 11.3. The predicted octanol–water partition coefficient (Wildman–Crippen LogP) is 3.14. The number of carbonyl (C=O) groups is 1. The van der Waals surface area contributed by atoms with E-state index >= 15 is 0 Å². The fourth-order valence-corrected chi connectivity index (χ4v) is 2.75. The minimum atomic E-state index is -0.735. The summed E-state index contributed by atoms with van der Waals surface area (Å²) in [5.74, 6) is -0.0240. The van der Waals surface area contributed by atoms with E-state index in [0.717, 1.165) is 13.1 Å². The molecule has 0 amide bonds. The summed E-state index contributed by atoms with van der Waals surface area (Å²) in [7, 11) is 0. The van der Waals surface area contributed by atoms with E-state index in [-0.39, 0.29) is 0 Å². The van der Waals surface area contributed by atoms with Crippen molar-refractivity contribution in [2.24, 2.45) is 5.92 Å². The summed E-state index contributed by atoms with van der Waals surface area (Å²) in [6, 6.07) is 0. The number of aliphatic carboxylic acids is 1. The van der Waals surface area contributed by atoms with Gasteiger partial charge in [0.15, 0.2) is 0 Å². The summed E-state index contributed by atoms with van der Waals surface area (Å²) >= 11 is 0. The Hall–Kier alpha value is -0.570. The minimum Gasteiger partial charge on any atom is -0.480 e. The van der Waals surface area contributed by atoms with Crippen molar-refractivity contribution < 1.29 is 9.90 Å². The molecule has 0 aliphatic heterocycles. The summed E-state index contributed by atoms with van der Waals surface area (Å²) in [5.41, 5.74) is -0.735. The molecule has 0 unspecified atom stereocenters. The quantitative estimate of drug-likeness (QED) is 0.752. The Morgan fingerprint density at radius 1 is 1.24 bits per heavy atom. The first-order valence-electron chi connectivity index (χ1n) is 6.97. The third-order valence-electron chi connectivity index (χ3n) is 4.15. The molecule has 0 aromatic heterocycles. The van der Waals surface area contributed by atoms with Crippen LogP contribution >= 0.6 is 0 Å². The fourth-order valence-electron chi connectivity index (χ4n) is 2.75. The van der Waals surface area contributed by atoms with Gasteiger partial charge in [-0.2, -0.15) is 0 Å². The molecule has 0 aromatic carbocycles. The molecular weight excluding hydrogens is 214 g/mol. The van der Waals surface area contributed by atoms with Crippen molar-refractivity contribution in [1.29, 1.82) is 0 Å². The van der Waals surface area contributed by atoms with Crippen LogP contribution in [0.15, 0.2) is 0 Å². The lowest BCUT2D eigenvalue weighted by Crippen LogP contribution is -2.51. The Balaban J connectivity index is 2.58. The molecule has 3 nitrogen and oxygen atoms in total. The van der Waals surface area contributed by atoms with Crippen molar-refractivity contribution in [1.82, 2.24) is 4.90 Å².